The molecule has 0 spiro atoms. The van der Waals surface area contributed by atoms with Gasteiger partial charge in [-0.2, -0.15) is 0 Å². The minimum Gasteiger partial charge on any atom is -0.348 e. The van der Waals surface area contributed by atoms with E-state index in [1.165, 1.54) is 4.90 Å². The Morgan fingerprint density at radius 2 is 1.53 bits per heavy atom. The Bertz CT molecular complexity index is 1230. The highest BCUT2D eigenvalue weighted by Gasteiger charge is 2.31. The number of benzene rings is 2. The average molecular weight is 459 g/mol. The first-order valence-corrected chi connectivity index (χ1v) is 11.0. The topological polar surface area (TPSA) is 91.4 Å². The van der Waals surface area contributed by atoms with E-state index in [1.807, 2.05) is 39.8 Å². The summed E-state index contributed by atoms with van der Waals surface area (Å²) in [5, 5.41) is 5.69. The van der Waals surface area contributed by atoms with E-state index in [0.717, 1.165) is 16.8 Å². The van der Waals surface area contributed by atoms with E-state index in [0.29, 0.717) is 22.5 Å². The summed E-state index contributed by atoms with van der Waals surface area (Å²) in [5.74, 6) is -0.666. The second-order valence-corrected chi connectivity index (χ2v) is 9.03. The van der Waals surface area contributed by atoms with Crippen LogP contribution in [0.5, 0.6) is 0 Å². The van der Waals surface area contributed by atoms with E-state index in [4.69, 9.17) is 0 Å². The molecule has 0 aliphatic rings. The Balaban J connectivity index is 1.80. The van der Waals surface area contributed by atoms with Gasteiger partial charge in [0.2, 0.25) is 5.91 Å². The number of aromatic nitrogens is 1. The molecule has 0 atom stereocenters. The number of carbonyl (C=O) groups is 3. The Labute approximate surface area is 200 Å². The van der Waals surface area contributed by atoms with Gasteiger partial charge >= 0.3 is 0 Å². The molecule has 0 aliphatic carbocycles. The Morgan fingerprint density at radius 3 is 2.18 bits per heavy atom. The van der Waals surface area contributed by atoms with E-state index in [1.54, 1.807) is 62.8 Å². The zero-order chi connectivity index (χ0) is 25.0. The normalized spacial score (nSPS) is 11.0. The number of nitrogens with zero attached hydrogens (tertiary/aromatic N) is 2. The fourth-order valence-corrected chi connectivity index (χ4v) is 3.62. The van der Waals surface area contributed by atoms with Gasteiger partial charge in [0.15, 0.2) is 0 Å². The number of rotatable bonds is 6. The highest BCUT2D eigenvalue weighted by Crippen LogP contribution is 2.26. The molecule has 0 unspecified atom stereocenters. The third-order valence-corrected chi connectivity index (χ3v) is 5.70. The van der Waals surface area contributed by atoms with Crippen molar-refractivity contribution in [2.24, 2.45) is 0 Å². The largest absolute Gasteiger partial charge is 0.348 e. The number of hydrogen-bond acceptors (Lipinski definition) is 4. The maximum absolute atomic E-state index is 13.0. The van der Waals surface area contributed by atoms with Crippen molar-refractivity contribution >= 4 is 29.1 Å². The molecule has 3 aromatic rings. The van der Waals surface area contributed by atoms with E-state index in [9.17, 15) is 14.4 Å². The van der Waals surface area contributed by atoms with Crippen LogP contribution in [-0.4, -0.2) is 41.7 Å². The van der Waals surface area contributed by atoms with Crippen molar-refractivity contribution in [2.75, 3.05) is 24.7 Å². The predicted molar refractivity (Wildman–Crippen MR) is 134 cm³/mol. The molecule has 176 valence electrons. The minimum absolute atomic E-state index is 0.0528. The number of anilines is 2. The van der Waals surface area contributed by atoms with Gasteiger partial charge in [0.1, 0.15) is 0 Å². The van der Waals surface area contributed by atoms with Gasteiger partial charge in [0, 0.05) is 36.6 Å². The van der Waals surface area contributed by atoms with Crippen LogP contribution in [0.1, 0.15) is 51.4 Å². The van der Waals surface area contributed by atoms with Gasteiger partial charge in [-0.15, -0.1) is 0 Å². The monoisotopic (exact) mass is 458 g/mol. The van der Waals surface area contributed by atoms with Gasteiger partial charge in [-0.3, -0.25) is 19.4 Å². The summed E-state index contributed by atoms with van der Waals surface area (Å²) < 4.78 is 0. The Hall–Kier alpha value is -4.00. The van der Waals surface area contributed by atoms with Crippen LogP contribution in [-0.2, 0) is 10.2 Å². The van der Waals surface area contributed by atoms with E-state index >= 15 is 0 Å². The van der Waals surface area contributed by atoms with Crippen LogP contribution >= 0.6 is 0 Å². The lowest BCUT2D eigenvalue weighted by molar-refractivity contribution is -0.133. The molecular formula is C27H30N4O3. The zero-order valence-corrected chi connectivity index (χ0v) is 20.4. The highest BCUT2D eigenvalue weighted by molar-refractivity contribution is 6.08. The molecular weight excluding hydrogens is 428 g/mol. The van der Waals surface area contributed by atoms with Crippen LogP contribution in [0, 0.1) is 13.8 Å². The minimum atomic E-state index is -0.778. The van der Waals surface area contributed by atoms with Gasteiger partial charge in [0.05, 0.1) is 17.3 Å². The molecule has 1 heterocycles. The molecule has 3 amide bonds. The molecule has 0 aliphatic heterocycles. The van der Waals surface area contributed by atoms with E-state index < -0.39 is 5.41 Å². The number of hydrogen-bond donors (Lipinski definition) is 2. The standard InChI is InChI=1S/C27H30N4O3/c1-17-10-12-21(15-23(17)25(33)30-22-13-11-18(2)28-16-22)29-24(32)19-8-7-9-20(14-19)27(3,4)26(34)31(5)6/h7-16H,1-6H3,(H,29,32)(H,30,33). The molecule has 7 nitrogen and oxygen atoms in total. The average Bonchev–Trinajstić information content (AvgIpc) is 2.81. The van der Waals surface area contributed by atoms with Gasteiger partial charge in [0.25, 0.3) is 11.8 Å². The summed E-state index contributed by atoms with van der Waals surface area (Å²) in [6.45, 7) is 7.38. The fraction of sp³-hybridized carbons (Fsp3) is 0.259. The first-order valence-electron chi connectivity index (χ1n) is 11.0. The Morgan fingerprint density at radius 1 is 0.853 bits per heavy atom. The number of aryl methyl sites for hydroxylation is 2. The van der Waals surface area contributed by atoms with Crippen molar-refractivity contribution in [1.82, 2.24) is 9.88 Å². The van der Waals surface area contributed by atoms with Crippen LogP contribution in [0.3, 0.4) is 0 Å². The van der Waals surface area contributed by atoms with Gasteiger partial charge in [-0.25, -0.2) is 0 Å². The third-order valence-electron chi connectivity index (χ3n) is 5.70. The third kappa shape index (κ3) is 5.49. The van der Waals surface area contributed by atoms with Gasteiger partial charge in [-0.05, 0) is 75.2 Å². The molecule has 3 rings (SSSR count). The van der Waals surface area contributed by atoms with Gasteiger partial charge < -0.3 is 15.5 Å². The molecule has 1 aromatic heterocycles. The first kappa shape index (κ1) is 24.6. The number of carbonyl (C=O) groups excluding carboxylic acids is 3. The van der Waals surface area contributed by atoms with Crippen LogP contribution in [0.2, 0.25) is 0 Å². The van der Waals surface area contributed by atoms with E-state index in [2.05, 4.69) is 15.6 Å². The summed E-state index contributed by atoms with van der Waals surface area (Å²) in [5.41, 5.74) is 3.57. The first-order chi connectivity index (χ1) is 16.0. The molecule has 2 N–H and O–H groups in total. The van der Waals surface area contributed by atoms with Crippen molar-refractivity contribution < 1.29 is 14.4 Å². The quantitative estimate of drug-likeness (QED) is 0.566. The summed E-state index contributed by atoms with van der Waals surface area (Å²) in [4.78, 5) is 44.1. The van der Waals surface area contributed by atoms with Crippen molar-refractivity contribution in [1.29, 1.82) is 0 Å². The van der Waals surface area contributed by atoms with E-state index in [-0.39, 0.29) is 17.7 Å². The highest BCUT2D eigenvalue weighted by atomic mass is 16.2. The number of nitrogens with one attached hydrogen (secondary N) is 2. The lowest BCUT2D eigenvalue weighted by Crippen LogP contribution is -2.39. The predicted octanol–water partition coefficient (Wildman–Crippen LogP) is 4.57. The second-order valence-electron chi connectivity index (χ2n) is 9.03. The lowest BCUT2D eigenvalue weighted by Gasteiger charge is -2.27. The smallest absolute Gasteiger partial charge is 0.256 e. The van der Waals surface area contributed by atoms with Crippen molar-refractivity contribution in [3.8, 4) is 0 Å². The second kappa shape index (κ2) is 9.87. The molecule has 7 heteroatoms. The molecule has 0 saturated heterocycles. The van der Waals surface area contributed by atoms with Crippen LogP contribution in [0.4, 0.5) is 11.4 Å². The number of likely N-dealkylation sites (N-methyl/N-ethyl adjacent to an activating group) is 1. The lowest BCUT2D eigenvalue weighted by atomic mass is 9.82. The zero-order valence-electron chi connectivity index (χ0n) is 20.4. The molecule has 0 radical (unpaired) electrons. The maximum atomic E-state index is 13.0. The fourth-order valence-electron chi connectivity index (χ4n) is 3.62. The molecule has 0 saturated carbocycles. The summed E-state index contributed by atoms with van der Waals surface area (Å²) in [6, 6.07) is 15.8. The number of amides is 3. The molecule has 2 aromatic carbocycles. The van der Waals surface area contributed by atoms with Crippen LogP contribution < -0.4 is 10.6 Å². The molecule has 0 fully saturated rings. The summed E-state index contributed by atoms with van der Waals surface area (Å²) in [6.07, 6.45) is 1.60. The summed E-state index contributed by atoms with van der Waals surface area (Å²) in [7, 11) is 3.42. The van der Waals surface area contributed by atoms with Crippen molar-refractivity contribution in [3.63, 3.8) is 0 Å². The Kier molecular flexibility index (Phi) is 7.15. The van der Waals surface area contributed by atoms with Crippen LogP contribution in [0.15, 0.2) is 60.8 Å². The summed E-state index contributed by atoms with van der Waals surface area (Å²) >= 11 is 0. The van der Waals surface area contributed by atoms with Gasteiger partial charge in [-0.1, -0.05) is 18.2 Å². The molecule has 0 bridgehead atoms. The molecule has 34 heavy (non-hydrogen) atoms. The number of pyridine rings is 1. The van der Waals surface area contributed by atoms with Crippen LogP contribution in [0.25, 0.3) is 0 Å². The van der Waals surface area contributed by atoms with Crippen molar-refractivity contribution in [2.45, 2.75) is 33.1 Å². The SMILES string of the molecule is Cc1ccc(NC(=O)c2cc(NC(=O)c3cccc(C(C)(C)C(=O)N(C)C)c3)ccc2C)cn1. The van der Waals surface area contributed by atoms with Crippen molar-refractivity contribution in [3.05, 3.63) is 88.7 Å². The maximum Gasteiger partial charge on any atom is 0.256 e.